The highest BCUT2D eigenvalue weighted by atomic mass is 16.3. The van der Waals surface area contributed by atoms with Gasteiger partial charge in [-0.25, -0.2) is 9.78 Å². The largest absolute Gasteiger partial charge is 0.388 e. The van der Waals surface area contributed by atoms with E-state index < -0.39 is 24.3 Å². The smallest absolute Gasteiger partial charge is 0.319 e. The molecule has 8 rings (SSSR count). The van der Waals surface area contributed by atoms with Crippen molar-refractivity contribution in [2.45, 2.75) is 62.4 Å². The number of carbonyl (C=O) groups is 1. The van der Waals surface area contributed by atoms with Crippen LogP contribution in [0.25, 0.3) is 11.2 Å². The third kappa shape index (κ3) is 7.12. The molecule has 1 aliphatic heterocycles. The van der Waals surface area contributed by atoms with Crippen LogP contribution in [0.4, 0.5) is 22.2 Å². The van der Waals surface area contributed by atoms with Gasteiger partial charge in [0.1, 0.15) is 18.2 Å². The van der Waals surface area contributed by atoms with Crippen LogP contribution < -0.4 is 20.9 Å². The van der Waals surface area contributed by atoms with E-state index in [4.69, 9.17) is 15.0 Å². The summed E-state index contributed by atoms with van der Waals surface area (Å²) in [6.07, 6.45) is 6.20. The van der Waals surface area contributed by atoms with Crippen molar-refractivity contribution in [2.24, 2.45) is 0 Å². The predicted molar refractivity (Wildman–Crippen MR) is 200 cm³/mol. The Morgan fingerprint density at radius 1 is 0.943 bits per heavy atom. The van der Waals surface area contributed by atoms with E-state index in [0.29, 0.717) is 67.5 Å². The first kappa shape index (κ1) is 34.2. The molecule has 272 valence electrons. The van der Waals surface area contributed by atoms with Crippen LogP contribution in [0.15, 0.2) is 97.7 Å². The molecule has 1 aliphatic carbocycles. The van der Waals surface area contributed by atoms with Crippen LogP contribution in [0, 0.1) is 0 Å². The molecule has 2 aliphatic rings. The number of anilines is 3. The molecule has 5 N–H and O–H groups in total. The van der Waals surface area contributed by atoms with Crippen LogP contribution in [0.3, 0.4) is 0 Å². The van der Waals surface area contributed by atoms with Gasteiger partial charge in [-0.05, 0) is 42.5 Å². The third-order valence-corrected chi connectivity index (χ3v) is 10.2. The summed E-state index contributed by atoms with van der Waals surface area (Å²) in [5.41, 5.74) is 4.87. The van der Waals surface area contributed by atoms with Gasteiger partial charge < -0.3 is 35.6 Å². The van der Waals surface area contributed by atoms with Crippen molar-refractivity contribution in [1.29, 1.82) is 0 Å². The van der Waals surface area contributed by atoms with Crippen LogP contribution >= 0.6 is 0 Å². The number of rotatable bonds is 11. The van der Waals surface area contributed by atoms with E-state index in [-0.39, 0.29) is 18.0 Å². The summed E-state index contributed by atoms with van der Waals surface area (Å²) >= 11 is 0. The lowest BCUT2D eigenvalue weighted by Crippen LogP contribution is -2.40. The monoisotopic (exact) mass is 714 g/mol. The number of nitrogens with one attached hydrogen (secondary N) is 3. The van der Waals surface area contributed by atoms with Crippen molar-refractivity contribution in [1.82, 2.24) is 44.8 Å². The Bertz CT molecular complexity index is 2110. The van der Waals surface area contributed by atoms with Crippen LogP contribution in [-0.4, -0.2) is 93.6 Å². The normalized spacial score (nSPS) is 21.4. The summed E-state index contributed by atoms with van der Waals surface area (Å²) in [7, 11) is 0. The van der Waals surface area contributed by atoms with Crippen LogP contribution in [0.2, 0.25) is 0 Å². The van der Waals surface area contributed by atoms with Crippen molar-refractivity contribution in [3.8, 4) is 0 Å². The number of fused-ring (bicyclic) bond motifs is 1. The molecule has 2 amide bonds. The van der Waals surface area contributed by atoms with Gasteiger partial charge in [0.05, 0.1) is 24.3 Å². The lowest BCUT2D eigenvalue weighted by atomic mass is 9.91. The summed E-state index contributed by atoms with van der Waals surface area (Å²) in [6, 6.07) is 22.6. The Kier molecular flexibility index (Phi) is 9.65. The summed E-state index contributed by atoms with van der Waals surface area (Å²) in [5, 5.41) is 41.0. The highest BCUT2D eigenvalue weighted by molar-refractivity contribution is 5.89. The van der Waals surface area contributed by atoms with Gasteiger partial charge >= 0.3 is 6.03 Å². The fourth-order valence-electron chi connectivity index (χ4n) is 7.38. The fraction of sp³-hybridized carbons (Fsp3) is 0.342. The number of urea groups is 1. The third-order valence-electron chi connectivity index (χ3n) is 10.2. The highest BCUT2D eigenvalue weighted by Gasteiger charge is 2.45. The molecule has 5 heterocycles. The second-order valence-electron chi connectivity index (χ2n) is 13.6. The molecular weight excluding hydrogens is 672 g/mol. The van der Waals surface area contributed by atoms with E-state index in [2.05, 4.69) is 55.4 Å². The first-order valence-electron chi connectivity index (χ1n) is 18.0. The summed E-state index contributed by atoms with van der Waals surface area (Å²) in [5.74, 6) is 1.05. The number of aliphatic hydroxyl groups is 2. The molecule has 0 radical (unpaired) electrons. The van der Waals surface area contributed by atoms with E-state index in [0.717, 1.165) is 16.8 Å². The van der Waals surface area contributed by atoms with Gasteiger partial charge in [0.15, 0.2) is 17.0 Å². The molecule has 6 aromatic rings. The minimum Gasteiger partial charge on any atom is -0.388 e. The van der Waals surface area contributed by atoms with Gasteiger partial charge in [-0.3, -0.25) is 4.98 Å². The zero-order valence-corrected chi connectivity index (χ0v) is 29.3. The molecule has 15 heteroatoms. The van der Waals surface area contributed by atoms with Crippen LogP contribution in [-0.2, 0) is 6.42 Å². The summed E-state index contributed by atoms with van der Waals surface area (Å²) in [4.78, 5) is 35.2. The van der Waals surface area contributed by atoms with Gasteiger partial charge in [0.25, 0.3) is 0 Å². The van der Waals surface area contributed by atoms with E-state index in [1.807, 2.05) is 52.8 Å². The fourth-order valence-corrected chi connectivity index (χ4v) is 7.38. The number of hydrogen-bond acceptors (Lipinski definition) is 11. The number of pyridine rings is 1. The molecule has 0 bridgehead atoms. The lowest BCUT2D eigenvalue weighted by Gasteiger charge is -2.22. The first-order chi connectivity index (χ1) is 25.9. The van der Waals surface area contributed by atoms with E-state index >= 15 is 0 Å². The molecule has 15 nitrogen and oxygen atoms in total. The molecule has 0 unspecified atom stereocenters. The van der Waals surface area contributed by atoms with Crippen molar-refractivity contribution < 1.29 is 15.0 Å². The zero-order valence-electron chi connectivity index (χ0n) is 29.3. The lowest BCUT2D eigenvalue weighted by molar-refractivity contribution is 0.00497. The highest BCUT2D eigenvalue weighted by Crippen LogP contribution is 2.40. The molecule has 53 heavy (non-hydrogen) atoms. The van der Waals surface area contributed by atoms with Gasteiger partial charge in [0, 0.05) is 49.7 Å². The number of aliphatic hydroxyl groups excluding tert-OH is 2. The number of amides is 2. The van der Waals surface area contributed by atoms with Crippen molar-refractivity contribution in [2.75, 3.05) is 35.2 Å². The summed E-state index contributed by atoms with van der Waals surface area (Å²) < 4.78 is 1.84. The maximum Gasteiger partial charge on any atom is 0.319 e. The number of aromatic nitrogens is 8. The molecule has 0 spiro atoms. The second kappa shape index (κ2) is 15.0. The van der Waals surface area contributed by atoms with Gasteiger partial charge in [-0.2, -0.15) is 25.0 Å². The minimum absolute atomic E-state index is 0.0226. The first-order valence-corrected chi connectivity index (χ1v) is 18.0. The number of imidazole rings is 1. The van der Waals surface area contributed by atoms with Crippen molar-refractivity contribution in [3.05, 3.63) is 115 Å². The molecular formula is C38H42N12O3. The second-order valence-corrected chi connectivity index (χ2v) is 13.6. The Labute approximate surface area is 306 Å². The number of aryl methyl sites for hydroxylation is 1. The molecule has 1 saturated carbocycles. The van der Waals surface area contributed by atoms with Crippen LogP contribution in [0.5, 0.6) is 0 Å². The number of benzene rings is 2. The Hall–Kier alpha value is -5.93. The zero-order chi connectivity index (χ0) is 36.3. The molecule has 5 atom stereocenters. The van der Waals surface area contributed by atoms with E-state index in [1.54, 1.807) is 37.1 Å². The molecule has 4 aromatic heterocycles. The average molecular weight is 715 g/mol. The molecule has 2 aromatic carbocycles. The Balaban J connectivity index is 1.10. The number of hydrogen-bond donors (Lipinski definition) is 5. The Morgan fingerprint density at radius 2 is 1.66 bits per heavy atom. The minimum atomic E-state index is -1.11. The maximum atomic E-state index is 12.8. The summed E-state index contributed by atoms with van der Waals surface area (Å²) in [6.45, 7) is 3.64. The van der Waals surface area contributed by atoms with Gasteiger partial charge in [-0.15, -0.1) is 0 Å². The SMILES string of the molecule is CCc1cnn([C@H]2C[C@@H](n3cnc4c(NCC(c5ccccc5)c5ccccc5)nc(N5CC[C@@H](NC(=O)Nc6ccncc6)C5)nc43)[C@H](O)[C@@H]2O)n1. The number of nitrogens with zero attached hydrogens (tertiary/aromatic N) is 9. The standard InChI is InChI=1S/C38H42N12O3/c1-2-26-20-42-50(47-26)31-19-30(33(51)34(31)52)49-23-41-32-35(40-21-29(24-9-5-3-6-10-24)25-11-7-4-8-12-25)45-37(46-36(32)49)48-18-15-28(22-48)44-38(53)43-27-13-16-39-17-14-27/h3-14,16-17,20,23,28-31,33-34,51-52H,2,15,18-19,21-22H2,1H3,(H,40,45,46)(H2,39,43,44,53)/t28-,30-,31+,33+,34-/m1/s1. The van der Waals surface area contributed by atoms with Gasteiger partial charge in [-0.1, -0.05) is 67.6 Å². The number of carbonyl (C=O) groups excluding carboxylic acids is 1. The van der Waals surface area contributed by atoms with E-state index in [9.17, 15) is 15.0 Å². The Morgan fingerprint density at radius 3 is 2.36 bits per heavy atom. The van der Waals surface area contributed by atoms with Crippen molar-refractivity contribution >= 4 is 34.6 Å². The van der Waals surface area contributed by atoms with Crippen LogP contribution in [0.1, 0.15) is 54.6 Å². The van der Waals surface area contributed by atoms with E-state index in [1.165, 1.54) is 4.80 Å². The molecule has 1 saturated heterocycles. The quantitative estimate of drug-likeness (QED) is 0.131. The van der Waals surface area contributed by atoms with Gasteiger partial charge in [0.2, 0.25) is 5.95 Å². The predicted octanol–water partition coefficient (Wildman–Crippen LogP) is 3.93. The molecule has 2 fully saturated rings. The van der Waals surface area contributed by atoms with Crippen molar-refractivity contribution in [3.63, 3.8) is 0 Å². The maximum absolute atomic E-state index is 12.8. The average Bonchev–Trinajstić information content (AvgIpc) is 4.00. The topological polar surface area (TPSA) is 184 Å².